The maximum absolute atomic E-state index is 12.1. The second-order valence-electron chi connectivity index (χ2n) is 4.96. The zero-order chi connectivity index (χ0) is 14.3. The van der Waals surface area contributed by atoms with Gasteiger partial charge in [0, 0.05) is 19.2 Å². The Morgan fingerprint density at radius 3 is 2.85 bits per heavy atom. The molecule has 0 amide bonds. The average Bonchev–Trinajstić information content (AvgIpc) is 2.93. The van der Waals surface area contributed by atoms with E-state index in [0.717, 1.165) is 12.8 Å². The summed E-state index contributed by atoms with van der Waals surface area (Å²) in [6.45, 7) is 1.66. The van der Waals surface area contributed by atoms with E-state index in [1.54, 1.807) is 14.0 Å². The fraction of sp³-hybridized carbons (Fsp3) is 0.545. The van der Waals surface area contributed by atoms with Crippen LogP contribution in [0, 0.1) is 0 Å². The molecule has 0 radical (unpaired) electrons. The quantitative estimate of drug-likeness (QED) is 0.872. The molecule has 1 atom stereocenters. The standard InChI is InChI=1S/C11H15N5O3S/c1-7(11-13-10(14-19-11)8-3-4-8)15-20(17,18)9-5-12-16(2)6-9/h5-8,15H,3-4H2,1-2H3. The molecule has 1 aliphatic carbocycles. The minimum Gasteiger partial charge on any atom is -0.338 e. The summed E-state index contributed by atoms with van der Waals surface area (Å²) in [6, 6.07) is -0.583. The highest BCUT2D eigenvalue weighted by atomic mass is 32.2. The SMILES string of the molecule is CC(NS(=O)(=O)c1cnn(C)c1)c1nc(C2CC2)no1. The van der Waals surface area contributed by atoms with Crippen LogP contribution in [-0.2, 0) is 17.1 Å². The van der Waals surface area contributed by atoms with Crippen LogP contribution < -0.4 is 4.72 Å². The van der Waals surface area contributed by atoms with Gasteiger partial charge in [0.15, 0.2) is 5.82 Å². The van der Waals surface area contributed by atoms with Gasteiger partial charge in [0.25, 0.3) is 0 Å². The second-order valence-corrected chi connectivity index (χ2v) is 6.67. The minimum absolute atomic E-state index is 0.105. The Labute approximate surface area is 116 Å². The van der Waals surface area contributed by atoms with Crippen LogP contribution in [0.25, 0.3) is 0 Å². The smallest absolute Gasteiger partial charge is 0.244 e. The summed E-state index contributed by atoms with van der Waals surface area (Å²) >= 11 is 0. The van der Waals surface area contributed by atoms with Gasteiger partial charge in [0.05, 0.1) is 12.2 Å². The number of aromatic nitrogens is 4. The van der Waals surface area contributed by atoms with Gasteiger partial charge in [0.2, 0.25) is 15.9 Å². The van der Waals surface area contributed by atoms with Gasteiger partial charge in [-0.3, -0.25) is 4.68 Å². The normalized spacial score (nSPS) is 17.3. The number of nitrogens with zero attached hydrogens (tertiary/aromatic N) is 4. The molecule has 8 nitrogen and oxygen atoms in total. The van der Waals surface area contributed by atoms with Crippen molar-refractivity contribution in [3.63, 3.8) is 0 Å². The van der Waals surface area contributed by atoms with Crippen molar-refractivity contribution in [3.8, 4) is 0 Å². The summed E-state index contributed by atoms with van der Waals surface area (Å²) in [5.74, 6) is 1.31. The van der Waals surface area contributed by atoms with Gasteiger partial charge in [-0.25, -0.2) is 8.42 Å². The number of nitrogens with one attached hydrogen (secondary N) is 1. The molecular weight excluding hydrogens is 282 g/mol. The van der Waals surface area contributed by atoms with Gasteiger partial charge in [0.1, 0.15) is 4.90 Å². The molecule has 0 bridgehead atoms. The van der Waals surface area contributed by atoms with E-state index in [9.17, 15) is 8.42 Å². The minimum atomic E-state index is -3.64. The number of hydrogen-bond acceptors (Lipinski definition) is 6. The molecule has 1 saturated carbocycles. The number of aryl methyl sites for hydroxylation is 1. The van der Waals surface area contributed by atoms with Gasteiger partial charge < -0.3 is 4.52 Å². The molecule has 1 fully saturated rings. The number of rotatable bonds is 5. The maximum atomic E-state index is 12.1. The molecule has 0 spiro atoms. The van der Waals surface area contributed by atoms with E-state index in [1.807, 2.05) is 0 Å². The Balaban J connectivity index is 1.75. The molecule has 20 heavy (non-hydrogen) atoms. The van der Waals surface area contributed by atoms with Crippen LogP contribution in [-0.4, -0.2) is 28.3 Å². The monoisotopic (exact) mass is 297 g/mol. The highest BCUT2D eigenvalue weighted by molar-refractivity contribution is 7.89. The van der Waals surface area contributed by atoms with E-state index in [0.29, 0.717) is 11.7 Å². The van der Waals surface area contributed by atoms with Gasteiger partial charge in [-0.05, 0) is 19.8 Å². The van der Waals surface area contributed by atoms with Crippen LogP contribution >= 0.6 is 0 Å². The molecule has 2 aromatic rings. The summed E-state index contributed by atoms with van der Waals surface area (Å²) in [5, 5.41) is 7.71. The van der Waals surface area contributed by atoms with Crippen molar-refractivity contribution < 1.29 is 12.9 Å². The Kier molecular flexibility index (Phi) is 3.09. The first-order valence-corrected chi connectivity index (χ1v) is 7.78. The van der Waals surface area contributed by atoms with E-state index in [-0.39, 0.29) is 10.8 Å². The summed E-state index contributed by atoms with van der Waals surface area (Å²) in [7, 11) is -1.99. The first kappa shape index (κ1) is 13.3. The van der Waals surface area contributed by atoms with Crippen molar-refractivity contribution in [3.05, 3.63) is 24.1 Å². The molecule has 0 saturated heterocycles. The van der Waals surface area contributed by atoms with Crippen molar-refractivity contribution >= 4 is 10.0 Å². The molecule has 9 heteroatoms. The Bertz CT molecular complexity index is 716. The van der Waals surface area contributed by atoms with Crippen LogP contribution in [0.15, 0.2) is 21.8 Å². The first-order chi connectivity index (χ1) is 9.45. The predicted octanol–water partition coefficient (Wildman–Crippen LogP) is 0.720. The van der Waals surface area contributed by atoms with Crippen LogP contribution in [0.3, 0.4) is 0 Å². The topological polar surface area (TPSA) is 103 Å². The van der Waals surface area contributed by atoms with Crippen molar-refractivity contribution in [1.82, 2.24) is 24.6 Å². The highest BCUT2D eigenvalue weighted by Gasteiger charge is 2.30. The van der Waals surface area contributed by atoms with E-state index < -0.39 is 16.1 Å². The zero-order valence-electron chi connectivity index (χ0n) is 11.1. The molecule has 1 aliphatic rings. The van der Waals surface area contributed by atoms with Crippen LogP contribution in [0.1, 0.15) is 43.4 Å². The molecule has 0 aromatic carbocycles. The third kappa shape index (κ3) is 2.59. The average molecular weight is 297 g/mol. The molecule has 108 valence electrons. The fourth-order valence-electron chi connectivity index (χ4n) is 1.82. The maximum Gasteiger partial charge on any atom is 0.244 e. The van der Waals surface area contributed by atoms with Gasteiger partial charge >= 0.3 is 0 Å². The molecule has 3 rings (SSSR count). The lowest BCUT2D eigenvalue weighted by Gasteiger charge is -2.08. The first-order valence-electron chi connectivity index (χ1n) is 6.30. The van der Waals surface area contributed by atoms with E-state index in [4.69, 9.17) is 4.52 Å². The molecule has 0 aliphatic heterocycles. The van der Waals surface area contributed by atoms with Crippen molar-refractivity contribution in [2.45, 2.75) is 36.6 Å². The third-order valence-corrected chi connectivity index (χ3v) is 4.59. The Morgan fingerprint density at radius 2 is 2.25 bits per heavy atom. The van der Waals surface area contributed by atoms with Crippen molar-refractivity contribution in [2.75, 3.05) is 0 Å². The van der Waals surface area contributed by atoms with Gasteiger partial charge in [-0.2, -0.15) is 14.8 Å². The lowest BCUT2D eigenvalue weighted by Crippen LogP contribution is -2.26. The summed E-state index contributed by atoms with van der Waals surface area (Å²) in [5.41, 5.74) is 0. The van der Waals surface area contributed by atoms with Crippen molar-refractivity contribution in [1.29, 1.82) is 0 Å². The van der Waals surface area contributed by atoms with Crippen LogP contribution in [0.4, 0.5) is 0 Å². The summed E-state index contributed by atoms with van der Waals surface area (Å²) in [4.78, 5) is 4.34. The zero-order valence-corrected chi connectivity index (χ0v) is 12.0. The van der Waals surface area contributed by atoms with Gasteiger partial charge in [-0.1, -0.05) is 5.16 Å². The Morgan fingerprint density at radius 1 is 1.50 bits per heavy atom. The van der Waals surface area contributed by atoms with E-state index in [1.165, 1.54) is 17.1 Å². The molecule has 1 unspecified atom stereocenters. The predicted molar refractivity (Wildman–Crippen MR) is 68.2 cm³/mol. The summed E-state index contributed by atoms with van der Waals surface area (Å²) in [6.07, 6.45) is 4.85. The largest absolute Gasteiger partial charge is 0.338 e. The second kappa shape index (κ2) is 4.67. The summed E-state index contributed by atoms with van der Waals surface area (Å²) < 4.78 is 33.3. The lowest BCUT2D eigenvalue weighted by atomic mass is 10.3. The molecule has 2 aromatic heterocycles. The molecular formula is C11H15N5O3S. The Hall–Kier alpha value is -1.74. The fourth-order valence-corrected chi connectivity index (χ4v) is 3.00. The van der Waals surface area contributed by atoms with Crippen molar-refractivity contribution in [2.24, 2.45) is 7.05 Å². The van der Waals surface area contributed by atoms with Gasteiger partial charge in [-0.15, -0.1) is 0 Å². The highest BCUT2D eigenvalue weighted by Crippen LogP contribution is 2.38. The van der Waals surface area contributed by atoms with Crippen LogP contribution in [0.2, 0.25) is 0 Å². The van der Waals surface area contributed by atoms with E-state index in [2.05, 4.69) is 20.0 Å². The van der Waals surface area contributed by atoms with Crippen LogP contribution in [0.5, 0.6) is 0 Å². The molecule has 1 N–H and O–H groups in total. The van der Waals surface area contributed by atoms with E-state index >= 15 is 0 Å². The third-order valence-electron chi connectivity index (χ3n) is 3.09. The number of sulfonamides is 1. The number of hydrogen-bond donors (Lipinski definition) is 1. The molecule has 2 heterocycles. The lowest BCUT2D eigenvalue weighted by molar-refractivity contribution is 0.349.